The van der Waals surface area contributed by atoms with E-state index in [4.69, 9.17) is 11.6 Å². The summed E-state index contributed by atoms with van der Waals surface area (Å²) in [6.45, 7) is 1.79. The number of anilines is 1. The number of amides is 1. The largest absolute Gasteiger partial charge is 0.297 e. The lowest BCUT2D eigenvalue weighted by Crippen LogP contribution is -2.14. The molecule has 1 aliphatic carbocycles. The van der Waals surface area contributed by atoms with Crippen molar-refractivity contribution in [2.75, 3.05) is 5.32 Å². The summed E-state index contributed by atoms with van der Waals surface area (Å²) in [6, 6.07) is 7.33. The van der Waals surface area contributed by atoms with Crippen molar-refractivity contribution in [2.45, 2.75) is 39.0 Å². The first-order valence-corrected chi connectivity index (χ1v) is 9.80. The molecule has 0 bridgehead atoms. The summed E-state index contributed by atoms with van der Waals surface area (Å²) in [7, 11) is 0. The van der Waals surface area contributed by atoms with E-state index in [0.717, 1.165) is 25.0 Å². The van der Waals surface area contributed by atoms with Crippen LogP contribution in [0, 0.1) is 6.92 Å². The SMILES string of the molecule is Cc1nc(C(=O)Nc2nc3c(s2)CCCCC3)nn1-c1ccccc1Cl. The molecule has 1 aliphatic rings. The standard InChI is InChI=1S/C18H18ClN5OS/c1-11-20-16(23-24(11)14-9-6-5-7-12(14)19)17(25)22-18-21-13-8-3-2-4-10-15(13)26-18/h5-7,9H,2-4,8,10H2,1H3,(H,21,22,25). The van der Waals surface area contributed by atoms with Crippen molar-refractivity contribution in [3.05, 3.63) is 51.5 Å². The van der Waals surface area contributed by atoms with Crippen LogP contribution in [0.5, 0.6) is 0 Å². The van der Waals surface area contributed by atoms with Crippen LogP contribution in [0.1, 0.15) is 46.3 Å². The number of thiazole rings is 1. The molecule has 2 heterocycles. The number of benzene rings is 1. The van der Waals surface area contributed by atoms with Gasteiger partial charge >= 0.3 is 0 Å². The minimum Gasteiger partial charge on any atom is -0.295 e. The Hall–Kier alpha value is -2.25. The maximum atomic E-state index is 12.6. The van der Waals surface area contributed by atoms with Crippen molar-refractivity contribution in [1.29, 1.82) is 0 Å². The second-order valence-corrected chi connectivity index (χ2v) is 7.74. The highest BCUT2D eigenvalue weighted by molar-refractivity contribution is 7.15. The van der Waals surface area contributed by atoms with Gasteiger partial charge in [0.1, 0.15) is 5.82 Å². The topological polar surface area (TPSA) is 72.7 Å². The van der Waals surface area contributed by atoms with Crippen LogP contribution >= 0.6 is 22.9 Å². The van der Waals surface area contributed by atoms with E-state index in [2.05, 4.69) is 20.4 Å². The Morgan fingerprint density at radius 2 is 2.00 bits per heavy atom. The second-order valence-electron chi connectivity index (χ2n) is 6.25. The van der Waals surface area contributed by atoms with Gasteiger partial charge in [-0.3, -0.25) is 10.1 Å². The van der Waals surface area contributed by atoms with Gasteiger partial charge in [-0.2, -0.15) is 0 Å². The van der Waals surface area contributed by atoms with Crippen LogP contribution in [0.3, 0.4) is 0 Å². The fourth-order valence-corrected chi connectivity index (χ4v) is 4.33. The van der Waals surface area contributed by atoms with E-state index in [-0.39, 0.29) is 11.7 Å². The quantitative estimate of drug-likeness (QED) is 0.683. The molecule has 8 heteroatoms. The third kappa shape index (κ3) is 3.37. The molecular formula is C18H18ClN5OS. The van der Waals surface area contributed by atoms with Crippen LogP contribution in [0.2, 0.25) is 5.02 Å². The maximum Gasteiger partial charge on any atom is 0.297 e. The first kappa shape index (κ1) is 17.2. The van der Waals surface area contributed by atoms with Crippen molar-refractivity contribution < 1.29 is 4.79 Å². The Balaban J connectivity index is 1.56. The molecule has 0 aliphatic heterocycles. The molecule has 0 saturated carbocycles. The number of carbonyl (C=O) groups is 1. The van der Waals surface area contributed by atoms with Crippen LogP contribution in [0.4, 0.5) is 5.13 Å². The van der Waals surface area contributed by atoms with Gasteiger partial charge in [-0.15, -0.1) is 16.4 Å². The molecule has 2 aromatic heterocycles. The molecule has 3 aromatic rings. The van der Waals surface area contributed by atoms with Gasteiger partial charge in [0.2, 0.25) is 5.82 Å². The number of nitrogens with one attached hydrogen (secondary N) is 1. The number of carbonyl (C=O) groups excluding carboxylic acids is 1. The molecule has 0 fully saturated rings. The summed E-state index contributed by atoms with van der Waals surface area (Å²) in [5.41, 5.74) is 1.81. The van der Waals surface area contributed by atoms with E-state index in [1.165, 1.54) is 17.7 Å². The zero-order valence-electron chi connectivity index (χ0n) is 14.3. The molecule has 0 atom stereocenters. The van der Waals surface area contributed by atoms with Gasteiger partial charge in [-0.1, -0.05) is 30.2 Å². The summed E-state index contributed by atoms with van der Waals surface area (Å²) in [5.74, 6) is 0.341. The maximum absolute atomic E-state index is 12.6. The highest BCUT2D eigenvalue weighted by atomic mass is 35.5. The van der Waals surface area contributed by atoms with E-state index in [1.807, 2.05) is 18.2 Å². The van der Waals surface area contributed by atoms with Gasteiger partial charge < -0.3 is 0 Å². The number of aromatic nitrogens is 4. The Bertz CT molecular complexity index is 941. The summed E-state index contributed by atoms with van der Waals surface area (Å²) in [6.07, 6.45) is 5.62. The van der Waals surface area contributed by atoms with Crippen LogP contribution in [-0.2, 0) is 12.8 Å². The molecule has 1 amide bonds. The number of aryl methyl sites for hydroxylation is 3. The number of halogens is 1. The van der Waals surface area contributed by atoms with Crippen LogP contribution in [0.25, 0.3) is 5.69 Å². The number of para-hydroxylation sites is 1. The summed E-state index contributed by atoms with van der Waals surface area (Å²) < 4.78 is 1.58. The molecule has 1 N–H and O–H groups in total. The van der Waals surface area contributed by atoms with E-state index >= 15 is 0 Å². The monoisotopic (exact) mass is 387 g/mol. The number of fused-ring (bicyclic) bond motifs is 1. The minimum atomic E-state index is -0.359. The van der Waals surface area contributed by atoms with Crippen molar-refractivity contribution in [3.63, 3.8) is 0 Å². The highest BCUT2D eigenvalue weighted by Gasteiger charge is 2.20. The lowest BCUT2D eigenvalue weighted by Gasteiger charge is -2.04. The second kappa shape index (κ2) is 7.17. The zero-order chi connectivity index (χ0) is 18.1. The predicted molar refractivity (Wildman–Crippen MR) is 102 cm³/mol. The molecule has 0 unspecified atom stereocenters. The van der Waals surface area contributed by atoms with Crippen molar-refractivity contribution in [2.24, 2.45) is 0 Å². The third-order valence-electron chi connectivity index (χ3n) is 4.37. The van der Waals surface area contributed by atoms with Crippen LogP contribution < -0.4 is 5.32 Å². The van der Waals surface area contributed by atoms with Gasteiger partial charge in [0.25, 0.3) is 5.91 Å². The molecule has 0 spiro atoms. The Labute approximate surface area is 160 Å². The number of hydrogen-bond donors (Lipinski definition) is 1. The van der Waals surface area contributed by atoms with E-state index in [1.54, 1.807) is 29.0 Å². The number of rotatable bonds is 3. The fourth-order valence-electron chi connectivity index (χ4n) is 3.07. The molecule has 0 saturated heterocycles. The molecule has 134 valence electrons. The van der Waals surface area contributed by atoms with Crippen LogP contribution in [0.15, 0.2) is 24.3 Å². The van der Waals surface area contributed by atoms with Gasteiger partial charge in [0, 0.05) is 4.88 Å². The van der Waals surface area contributed by atoms with Gasteiger partial charge in [-0.05, 0) is 44.7 Å². The van der Waals surface area contributed by atoms with E-state index in [9.17, 15) is 4.79 Å². The summed E-state index contributed by atoms with van der Waals surface area (Å²) in [4.78, 5) is 22.7. The van der Waals surface area contributed by atoms with Crippen molar-refractivity contribution in [3.8, 4) is 5.69 Å². The lowest BCUT2D eigenvalue weighted by molar-refractivity contribution is 0.101. The summed E-state index contributed by atoms with van der Waals surface area (Å²) >= 11 is 7.78. The molecule has 1 aromatic carbocycles. The highest BCUT2D eigenvalue weighted by Crippen LogP contribution is 2.29. The number of nitrogens with zero attached hydrogens (tertiary/aromatic N) is 4. The average Bonchev–Trinajstić information content (AvgIpc) is 3.12. The molecular weight excluding hydrogens is 370 g/mol. The molecule has 0 radical (unpaired) electrons. The van der Waals surface area contributed by atoms with Gasteiger partial charge in [0.15, 0.2) is 5.13 Å². The normalized spacial score (nSPS) is 13.9. The molecule has 6 nitrogen and oxygen atoms in total. The summed E-state index contributed by atoms with van der Waals surface area (Å²) in [5, 5.41) is 8.33. The Morgan fingerprint density at radius 1 is 1.19 bits per heavy atom. The smallest absolute Gasteiger partial charge is 0.295 e. The van der Waals surface area contributed by atoms with Crippen molar-refractivity contribution in [1.82, 2.24) is 19.7 Å². The third-order valence-corrected chi connectivity index (χ3v) is 5.76. The van der Waals surface area contributed by atoms with E-state index in [0.29, 0.717) is 21.7 Å². The first-order valence-electron chi connectivity index (χ1n) is 8.60. The average molecular weight is 388 g/mol. The molecule has 4 rings (SSSR count). The Kier molecular flexibility index (Phi) is 4.74. The van der Waals surface area contributed by atoms with Gasteiger partial charge in [-0.25, -0.2) is 14.6 Å². The van der Waals surface area contributed by atoms with E-state index < -0.39 is 0 Å². The molecule has 26 heavy (non-hydrogen) atoms. The predicted octanol–water partition coefficient (Wildman–Crippen LogP) is 4.21. The minimum absolute atomic E-state index is 0.104. The Morgan fingerprint density at radius 3 is 2.85 bits per heavy atom. The number of hydrogen-bond acceptors (Lipinski definition) is 5. The van der Waals surface area contributed by atoms with Crippen LogP contribution in [-0.4, -0.2) is 25.7 Å². The fraction of sp³-hybridized carbons (Fsp3) is 0.333. The first-order chi connectivity index (χ1) is 12.6. The van der Waals surface area contributed by atoms with Gasteiger partial charge in [0.05, 0.1) is 16.4 Å². The van der Waals surface area contributed by atoms with Crippen molar-refractivity contribution >= 4 is 34.0 Å². The lowest BCUT2D eigenvalue weighted by atomic mass is 10.2. The zero-order valence-corrected chi connectivity index (χ0v) is 15.9.